The van der Waals surface area contributed by atoms with Gasteiger partial charge in [-0.05, 0) is 62.1 Å². The molecule has 3 aromatic rings. The van der Waals surface area contributed by atoms with E-state index in [1.165, 1.54) is 0 Å². The zero-order valence-corrected chi connectivity index (χ0v) is 19.2. The molecule has 0 fully saturated rings. The van der Waals surface area contributed by atoms with Gasteiger partial charge >= 0.3 is 6.09 Å². The third kappa shape index (κ3) is 5.82. The van der Waals surface area contributed by atoms with Crippen molar-refractivity contribution in [2.24, 2.45) is 5.92 Å². The van der Waals surface area contributed by atoms with Crippen LogP contribution < -0.4 is 0 Å². The van der Waals surface area contributed by atoms with Crippen LogP contribution in [0.15, 0.2) is 46.9 Å². The largest absolute Gasteiger partial charge is 0.444 e. The molecule has 1 aromatic heterocycles. The van der Waals surface area contributed by atoms with E-state index in [4.69, 9.17) is 4.74 Å². The van der Waals surface area contributed by atoms with Gasteiger partial charge in [0.1, 0.15) is 11.4 Å². The summed E-state index contributed by atoms with van der Waals surface area (Å²) in [5, 5.41) is 0. The lowest BCUT2D eigenvalue weighted by Gasteiger charge is -2.28. The normalized spacial score (nSPS) is 11.8. The van der Waals surface area contributed by atoms with Gasteiger partial charge in [-0.1, -0.05) is 48.0 Å². The predicted octanol–water partition coefficient (Wildman–Crippen LogP) is 6.39. The highest BCUT2D eigenvalue weighted by atomic mass is 79.9. The van der Waals surface area contributed by atoms with Crippen LogP contribution in [-0.4, -0.2) is 33.1 Å². The number of hydrogen-bond donors (Lipinski definition) is 1. The molecule has 2 aromatic carbocycles. The van der Waals surface area contributed by atoms with Crippen molar-refractivity contribution in [3.8, 4) is 11.1 Å². The quantitative estimate of drug-likeness (QED) is 0.482. The maximum absolute atomic E-state index is 12.6. The summed E-state index contributed by atoms with van der Waals surface area (Å²) in [6.45, 7) is 10.8. The van der Waals surface area contributed by atoms with Crippen LogP contribution in [-0.2, 0) is 11.3 Å². The fourth-order valence-corrected chi connectivity index (χ4v) is 3.38. The van der Waals surface area contributed by atoms with Crippen LogP contribution in [0.1, 0.15) is 40.4 Å². The lowest BCUT2D eigenvalue weighted by molar-refractivity contribution is 0.0206. The first-order valence-electron chi connectivity index (χ1n) is 9.83. The molecule has 0 saturated heterocycles. The first-order valence-corrected chi connectivity index (χ1v) is 10.6. The Morgan fingerprint density at radius 1 is 1.14 bits per heavy atom. The number of hydrogen-bond acceptors (Lipinski definition) is 3. The average Bonchev–Trinajstić information content (AvgIpc) is 3.01. The van der Waals surface area contributed by atoms with Gasteiger partial charge in [0.15, 0.2) is 0 Å². The zero-order valence-electron chi connectivity index (χ0n) is 17.6. The van der Waals surface area contributed by atoms with E-state index in [1.54, 1.807) is 4.90 Å². The fourth-order valence-electron chi connectivity index (χ4n) is 3.11. The minimum Gasteiger partial charge on any atom is -0.444 e. The number of ether oxygens (including phenoxy) is 1. The Hall–Kier alpha value is -2.34. The summed E-state index contributed by atoms with van der Waals surface area (Å²) in [6.07, 6.45) is -0.317. The molecular formula is C23H28BrN3O2. The van der Waals surface area contributed by atoms with E-state index < -0.39 is 5.60 Å². The molecule has 1 heterocycles. The Balaban J connectivity index is 1.84. The number of nitrogens with zero attached hydrogens (tertiary/aromatic N) is 2. The number of halogens is 1. The maximum atomic E-state index is 12.6. The Morgan fingerprint density at radius 2 is 1.79 bits per heavy atom. The van der Waals surface area contributed by atoms with Gasteiger partial charge in [-0.3, -0.25) is 0 Å². The van der Waals surface area contributed by atoms with Crippen molar-refractivity contribution in [2.45, 2.75) is 46.8 Å². The Bertz CT molecular complexity index is 988. The van der Waals surface area contributed by atoms with Gasteiger partial charge in [0, 0.05) is 11.0 Å². The van der Waals surface area contributed by atoms with E-state index >= 15 is 0 Å². The van der Waals surface area contributed by atoms with Gasteiger partial charge in [0.2, 0.25) is 0 Å². The van der Waals surface area contributed by atoms with Crippen molar-refractivity contribution in [3.05, 3.63) is 52.8 Å². The van der Waals surface area contributed by atoms with Gasteiger partial charge in [0.05, 0.1) is 17.6 Å². The molecule has 6 heteroatoms. The van der Waals surface area contributed by atoms with Crippen LogP contribution >= 0.6 is 15.9 Å². The number of H-pyrrole nitrogens is 1. The molecular weight excluding hydrogens is 430 g/mol. The summed E-state index contributed by atoms with van der Waals surface area (Å²) in [6, 6.07) is 14.4. The summed E-state index contributed by atoms with van der Waals surface area (Å²) in [5.74, 6) is 1.08. The highest BCUT2D eigenvalue weighted by Crippen LogP contribution is 2.25. The van der Waals surface area contributed by atoms with E-state index in [1.807, 2.05) is 39.0 Å². The Kier molecular flexibility index (Phi) is 6.32. The van der Waals surface area contributed by atoms with E-state index in [0.29, 0.717) is 19.0 Å². The van der Waals surface area contributed by atoms with Crippen LogP contribution in [0.25, 0.3) is 22.2 Å². The van der Waals surface area contributed by atoms with E-state index in [-0.39, 0.29) is 6.09 Å². The van der Waals surface area contributed by atoms with Gasteiger partial charge in [-0.25, -0.2) is 9.78 Å². The SMILES string of the molecule is CC(C)CN(Cc1nc2ccc(-c3ccc(Br)cc3)cc2[nH]1)C(=O)OC(C)(C)C. The summed E-state index contributed by atoms with van der Waals surface area (Å²) in [7, 11) is 0. The Morgan fingerprint density at radius 3 is 2.41 bits per heavy atom. The summed E-state index contributed by atoms with van der Waals surface area (Å²) in [5.41, 5.74) is 3.57. The second-order valence-corrected chi connectivity index (χ2v) is 9.59. The van der Waals surface area contributed by atoms with Crippen LogP contribution in [0.2, 0.25) is 0 Å². The Labute approximate surface area is 180 Å². The highest BCUT2D eigenvalue weighted by molar-refractivity contribution is 9.10. The number of aromatic amines is 1. The second kappa shape index (κ2) is 8.57. The number of nitrogens with one attached hydrogen (secondary N) is 1. The maximum Gasteiger partial charge on any atom is 0.410 e. The third-order valence-electron chi connectivity index (χ3n) is 4.29. The first-order chi connectivity index (χ1) is 13.6. The number of rotatable bonds is 5. The molecule has 3 rings (SSSR count). The van der Waals surface area contributed by atoms with Crippen LogP contribution in [0.5, 0.6) is 0 Å². The van der Waals surface area contributed by atoms with Gasteiger partial charge in [0.25, 0.3) is 0 Å². The molecule has 0 aliphatic carbocycles. The molecule has 5 nitrogen and oxygen atoms in total. The number of benzene rings is 2. The zero-order chi connectivity index (χ0) is 21.2. The monoisotopic (exact) mass is 457 g/mol. The molecule has 1 N–H and O–H groups in total. The number of fused-ring (bicyclic) bond motifs is 1. The third-order valence-corrected chi connectivity index (χ3v) is 4.82. The molecule has 0 spiro atoms. The van der Waals surface area contributed by atoms with Gasteiger partial charge in [-0.2, -0.15) is 0 Å². The van der Waals surface area contributed by atoms with Crippen molar-refractivity contribution in [1.82, 2.24) is 14.9 Å². The lowest BCUT2D eigenvalue weighted by Crippen LogP contribution is -2.38. The molecule has 154 valence electrons. The average molecular weight is 458 g/mol. The number of imidazole rings is 1. The van der Waals surface area contributed by atoms with Crippen LogP contribution in [0.3, 0.4) is 0 Å². The summed E-state index contributed by atoms with van der Waals surface area (Å²) < 4.78 is 6.63. The van der Waals surface area contributed by atoms with Crippen molar-refractivity contribution in [2.75, 3.05) is 6.54 Å². The first kappa shape index (κ1) is 21.4. The lowest BCUT2D eigenvalue weighted by atomic mass is 10.1. The minimum absolute atomic E-state index is 0.317. The molecule has 0 atom stereocenters. The number of aromatic nitrogens is 2. The predicted molar refractivity (Wildman–Crippen MR) is 121 cm³/mol. The molecule has 0 aliphatic heterocycles. The molecule has 29 heavy (non-hydrogen) atoms. The second-order valence-electron chi connectivity index (χ2n) is 8.68. The van der Waals surface area contributed by atoms with E-state index in [0.717, 1.165) is 32.5 Å². The molecule has 0 unspecified atom stereocenters. The highest BCUT2D eigenvalue weighted by Gasteiger charge is 2.24. The smallest absolute Gasteiger partial charge is 0.410 e. The van der Waals surface area contributed by atoms with Gasteiger partial charge < -0.3 is 14.6 Å². The molecule has 0 aliphatic rings. The molecule has 0 bridgehead atoms. The molecule has 1 amide bonds. The van der Waals surface area contributed by atoms with Crippen LogP contribution in [0, 0.1) is 5.92 Å². The number of amides is 1. The van der Waals surface area contributed by atoms with E-state index in [2.05, 4.69) is 64.0 Å². The minimum atomic E-state index is -0.528. The number of carbonyl (C=O) groups is 1. The van der Waals surface area contributed by atoms with Crippen molar-refractivity contribution in [1.29, 1.82) is 0 Å². The topological polar surface area (TPSA) is 58.2 Å². The number of carbonyl (C=O) groups excluding carboxylic acids is 1. The summed E-state index contributed by atoms with van der Waals surface area (Å²) >= 11 is 3.47. The summed E-state index contributed by atoms with van der Waals surface area (Å²) in [4.78, 5) is 22.4. The molecule has 0 radical (unpaired) electrons. The van der Waals surface area contributed by atoms with Crippen molar-refractivity contribution in [3.63, 3.8) is 0 Å². The van der Waals surface area contributed by atoms with E-state index in [9.17, 15) is 4.79 Å². The standard InChI is InChI=1S/C23H28BrN3O2/c1-15(2)13-27(22(28)29-23(3,4)5)14-21-25-19-11-8-17(12-20(19)26-21)16-6-9-18(24)10-7-16/h6-12,15H,13-14H2,1-5H3,(H,25,26). The van der Waals surface area contributed by atoms with Crippen molar-refractivity contribution < 1.29 is 9.53 Å². The fraction of sp³-hybridized carbons (Fsp3) is 0.391. The van der Waals surface area contributed by atoms with Gasteiger partial charge in [-0.15, -0.1) is 0 Å². The molecule has 0 saturated carbocycles. The van der Waals surface area contributed by atoms with Crippen LogP contribution in [0.4, 0.5) is 4.79 Å². The van der Waals surface area contributed by atoms with Crippen molar-refractivity contribution >= 4 is 33.1 Å².